The van der Waals surface area contributed by atoms with Crippen molar-refractivity contribution in [3.8, 4) is 11.1 Å². The SMILES string of the molecule is Cc1cnn(C)c1CCN1CCc2c(-c3ccc(F)cc3F)cc(C(N)=O)nc2C1. The molecule has 0 bridgehead atoms. The number of carbonyl (C=O) groups excluding carboxylic acids is 1. The van der Waals surface area contributed by atoms with Gasteiger partial charge in [0.2, 0.25) is 0 Å². The minimum Gasteiger partial charge on any atom is -0.364 e. The van der Waals surface area contributed by atoms with Crippen LogP contribution in [0.15, 0.2) is 30.5 Å². The van der Waals surface area contributed by atoms with Crippen LogP contribution in [0.2, 0.25) is 0 Å². The summed E-state index contributed by atoms with van der Waals surface area (Å²) in [5.74, 6) is -2.00. The molecule has 0 saturated heterocycles. The Bertz CT molecular complexity index is 1110. The third-order valence-electron chi connectivity index (χ3n) is 5.67. The maximum atomic E-state index is 14.5. The van der Waals surface area contributed by atoms with Gasteiger partial charge in [0, 0.05) is 50.4 Å². The summed E-state index contributed by atoms with van der Waals surface area (Å²) >= 11 is 0. The summed E-state index contributed by atoms with van der Waals surface area (Å²) in [6, 6.07) is 4.95. The van der Waals surface area contributed by atoms with Gasteiger partial charge in [-0.3, -0.25) is 14.4 Å². The van der Waals surface area contributed by atoms with E-state index < -0.39 is 17.5 Å². The second kappa shape index (κ2) is 7.95. The van der Waals surface area contributed by atoms with E-state index in [1.165, 1.54) is 23.9 Å². The van der Waals surface area contributed by atoms with Crippen LogP contribution in [-0.4, -0.2) is 38.7 Å². The number of benzene rings is 1. The van der Waals surface area contributed by atoms with E-state index >= 15 is 0 Å². The number of rotatable bonds is 5. The molecule has 6 nitrogen and oxygen atoms in total. The van der Waals surface area contributed by atoms with E-state index in [9.17, 15) is 13.6 Å². The Morgan fingerprint density at radius 1 is 1.23 bits per heavy atom. The summed E-state index contributed by atoms with van der Waals surface area (Å²) < 4.78 is 29.7. The number of primary amides is 1. The third kappa shape index (κ3) is 3.82. The van der Waals surface area contributed by atoms with Crippen LogP contribution >= 0.6 is 0 Å². The van der Waals surface area contributed by atoms with E-state index in [-0.39, 0.29) is 11.3 Å². The minimum absolute atomic E-state index is 0.0804. The topological polar surface area (TPSA) is 77.0 Å². The molecule has 0 radical (unpaired) electrons. The van der Waals surface area contributed by atoms with Gasteiger partial charge in [0.25, 0.3) is 5.91 Å². The quantitative estimate of drug-likeness (QED) is 0.700. The molecule has 0 unspecified atom stereocenters. The Kier molecular flexibility index (Phi) is 5.34. The van der Waals surface area contributed by atoms with Crippen LogP contribution in [0.3, 0.4) is 0 Å². The molecule has 156 valence electrons. The molecular weight excluding hydrogens is 388 g/mol. The zero-order valence-corrected chi connectivity index (χ0v) is 17.0. The Morgan fingerprint density at radius 3 is 2.70 bits per heavy atom. The van der Waals surface area contributed by atoms with Crippen LogP contribution in [0.1, 0.15) is 33.0 Å². The van der Waals surface area contributed by atoms with Crippen molar-refractivity contribution in [2.24, 2.45) is 12.8 Å². The molecule has 0 saturated carbocycles. The molecule has 4 rings (SSSR count). The van der Waals surface area contributed by atoms with Crippen LogP contribution in [0.25, 0.3) is 11.1 Å². The van der Waals surface area contributed by atoms with E-state index in [0.29, 0.717) is 24.2 Å². The second-order valence-electron chi connectivity index (χ2n) is 7.64. The standard InChI is InChI=1S/C22H23F2N5O/c1-13-11-26-28(2)21(13)6-8-29-7-5-16-17(15-4-3-14(23)9-18(15)24)10-19(22(25)30)27-20(16)12-29/h3-4,9-11H,5-8,12H2,1-2H3,(H2,25,30). The van der Waals surface area contributed by atoms with Crippen molar-refractivity contribution >= 4 is 5.91 Å². The number of amides is 1. The Labute approximate surface area is 173 Å². The molecule has 1 aliphatic rings. The fourth-order valence-electron chi connectivity index (χ4n) is 4.06. The Morgan fingerprint density at radius 2 is 2.03 bits per heavy atom. The number of aryl methyl sites for hydroxylation is 2. The van der Waals surface area contributed by atoms with Crippen LogP contribution in [0.4, 0.5) is 8.78 Å². The minimum atomic E-state index is -0.677. The fourth-order valence-corrected chi connectivity index (χ4v) is 4.06. The number of hydrogen-bond donors (Lipinski definition) is 1. The van der Waals surface area contributed by atoms with Crippen LogP contribution in [0, 0.1) is 18.6 Å². The lowest BCUT2D eigenvalue weighted by atomic mass is 9.92. The molecular formula is C22H23F2N5O. The van der Waals surface area contributed by atoms with E-state index in [2.05, 4.69) is 15.0 Å². The van der Waals surface area contributed by atoms with E-state index in [1.54, 1.807) is 0 Å². The number of aromatic nitrogens is 3. The number of fused-ring (bicyclic) bond motifs is 1. The first kappa shape index (κ1) is 20.2. The average molecular weight is 411 g/mol. The van der Waals surface area contributed by atoms with Crippen molar-refractivity contribution in [2.75, 3.05) is 13.1 Å². The third-order valence-corrected chi connectivity index (χ3v) is 5.67. The van der Waals surface area contributed by atoms with Crippen molar-refractivity contribution in [2.45, 2.75) is 26.3 Å². The zero-order chi connectivity index (χ0) is 21.4. The van der Waals surface area contributed by atoms with Gasteiger partial charge < -0.3 is 5.73 Å². The molecule has 1 aromatic carbocycles. The highest BCUT2D eigenvalue weighted by molar-refractivity contribution is 5.92. The summed E-state index contributed by atoms with van der Waals surface area (Å²) in [6.07, 6.45) is 3.34. The maximum Gasteiger partial charge on any atom is 0.267 e. The van der Waals surface area contributed by atoms with Crippen molar-refractivity contribution < 1.29 is 13.6 Å². The highest BCUT2D eigenvalue weighted by atomic mass is 19.1. The largest absolute Gasteiger partial charge is 0.364 e. The van der Waals surface area contributed by atoms with E-state index in [1.807, 2.05) is 24.9 Å². The molecule has 8 heteroatoms. The summed E-state index contributed by atoms with van der Waals surface area (Å²) in [5.41, 5.74) is 10.3. The van der Waals surface area contributed by atoms with Gasteiger partial charge in [-0.1, -0.05) is 0 Å². The molecule has 30 heavy (non-hydrogen) atoms. The predicted octanol–water partition coefficient (Wildman–Crippen LogP) is 2.77. The number of nitrogens with two attached hydrogens (primary N) is 1. The van der Waals surface area contributed by atoms with Gasteiger partial charge in [-0.2, -0.15) is 5.10 Å². The second-order valence-corrected chi connectivity index (χ2v) is 7.64. The molecule has 3 heterocycles. The summed E-state index contributed by atoms with van der Waals surface area (Å²) in [6.45, 7) is 4.15. The van der Waals surface area contributed by atoms with Crippen molar-refractivity contribution in [1.29, 1.82) is 0 Å². The molecule has 0 aliphatic carbocycles. The summed E-state index contributed by atoms with van der Waals surface area (Å²) in [5, 5.41) is 4.28. The van der Waals surface area contributed by atoms with Crippen molar-refractivity contribution in [3.05, 3.63) is 70.3 Å². The van der Waals surface area contributed by atoms with Crippen LogP contribution in [-0.2, 0) is 26.4 Å². The molecule has 1 amide bonds. The zero-order valence-electron chi connectivity index (χ0n) is 17.0. The Hall–Kier alpha value is -3.13. The smallest absolute Gasteiger partial charge is 0.267 e. The normalized spacial score (nSPS) is 14.0. The van der Waals surface area contributed by atoms with E-state index in [4.69, 9.17) is 5.73 Å². The van der Waals surface area contributed by atoms with Gasteiger partial charge in [0.15, 0.2) is 0 Å². The number of carbonyl (C=O) groups is 1. The van der Waals surface area contributed by atoms with E-state index in [0.717, 1.165) is 36.7 Å². The van der Waals surface area contributed by atoms with Gasteiger partial charge in [-0.15, -0.1) is 0 Å². The number of nitrogens with zero attached hydrogens (tertiary/aromatic N) is 4. The molecule has 2 N–H and O–H groups in total. The van der Waals surface area contributed by atoms with Crippen molar-refractivity contribution in [1.82, 2.24) is 19.7 Å². The Balaban J connectivity index is 1.65. The average Bonchev–Trinajstić information content (AvgIpc) is 3.03. The van der Waals surface area contributed by atoms with Gasteiger partial charge in [-0.05, 0) is 48.2 Å². The lowest BCUT2D eigenvalue weighted by Crippen LogP contribution is -2.34. The lowest BCUT2D eigenvalue weighted by Gasteiger charge is -2.30. The molecule has 0 fully saturated rings. The first-order chi connectivity index (χ1) is 14.3. The highest BCUT2D eigenvalue weighted by Crippen LogP contribution is 2.32. The highest BCUT2D eigenvalue weighted by Gasteiger charge is 2.24. The van der Waals surface area contributed by atoms with Gasteiger partial charge in [0.1, 0.15) is 17.3 Å². The van der Waals surface area contributed by atoms with Gasteiger partial charge >= 0.3 is 0 Å². The van der Waals surface area contributed by atoms with Crippen LogP contribution in [0.5, 0.6) is 0 Å². The van der Waals surface area contributed by atoms with Gasteiger partial charge in [0.05, 0.1) is 11.9 Å². The first-order valence-corrected chi connectivity index (χ1v) is 9.81. The maximum absolute atomic E-state index is 14.5. The molecule has 2 aromatic heterocycles. The lowest BCUT2D eigenvalue weighted by molar-refractivity contribution is 0.0995. The molecule has 3 aromatic rings. The number of pyridine rings is 1. The summed E-state index contributed by atoms with van der Waals surface area (Å²) in [7, 11) is 1.93. The molecule has 0 atom stereocenters. The predicted molar refractivity (Wildman–Crippen MR) is 109 cm³/mol. The fraction of sp³-hybridized carbons (Fsp3) is 0.318. The molecule has 1 aliphatic heterocycles. The monoisotopic (exact) mass is 411 g/mol. The number of halogens is 2. The molecule has 0 spiro atoms. The van der Waals surface area contributed by atoms with Crippen LogP contribution < -0.4 is 5.73 Å². The number of hydrogen-bond acceptors (Lipinski definition) is 4. The summed E-state index contributed by atoms with van der Waals surface area (Å²) in [4.78, 5) is 18.5. The first-order valence-electron chi connectivity index (χ1n) is 9.81. The van der Waals surface area contributed by atoms with Crippen molar-refractivity contribution in [3.63, 3.8) is 0 Å². The van der Waals surface area contributed by atoms with Gasteiger partial charge in [-0.25, -0.2) is 13.8 Å².